The summed E-state index contributed by atoms with van der Waals surface area (Å²) in [6.07, 6.45) is 4.82. The van der Waals surface area contributed by atoms with E-state index < -0.39 is 0 Å². The van der Waals surface area contributed by atoms with E-state index in [4.69, 9.17) is 11.6 Å². The molecule has 0 radical (unpaired) electrons. The normalized spacial score (nSPS) is 20.0. The molecule has 2 amide bonds. The van der Waals surface area contributed by atoms with Crippen LogP contribution in [0.1, 0.15) is 42.5 Å². The molecule has 0 spiro atoms. The van der Waals surface area contributed by atoms with Crippen LogP contribution in [-0.2, 0) is 4.79 Å². The Morgan fingerprint density at radius 3 is 2.75 bits per heavy atom. The second-order valence-electron chi connectivity index (χ2n) is 6.79. The fraction of sp³-hybridized carbons (Fsp3) is 0.556. The van der Waals surface area contributed by atoms with Gasteiger partial charge in [0.15, 0.2) is 0 Å². The lowest BCUT2D eigenvalue weighted by Crippen LogP contribution is -2.27. The van der Waals surface area contributed by atoms with Gasteiger partial charge in [-0.15, -0.1) is 0 Å². The van der Waals surface area contributed by atoms with Gasteiger partial charge in [0.2, 0.25) is 5.91 Å². The molecule has 1 aliphatic carbocycles. The SMILES string of the molecule is O=C(CCC1CCNC1)Nc1ccc(Cl)cc1C(=O)NCC1CC1. The molecule has 24 heavy (non-hydrogen) atoms. The Balaban J connectivity index is 1.58. The highest BCUT2D eigenvalue weighted by Crippen LogP contribution is 2.28. The zero-order chi connectivity index (χ0) is 16.9. The maximum absolute atomic E-state index is 12.4. The Morgan fingerprint density at radius 1 is 1.21 bits per heavy atom. The monoisotopic (exact) mass is 349 g/mol. The van der Waals surface area contributed by atoms with Crippen LogP contribution in [0.2, 0.25) is 5.02 Å². The quantitative estimate of drug-likeness (QED) is 0.709. The molecule has 130 valence electrons. The summed E-state index contributed by atoms with van der Waals surface area (Å²) in [5.74, 6) is 0.939. The van der Waals surface area contributed by atoms with Crippen LogP contribution in [-0.4, -0.2) is 31.4 Å². The third-order valence-corrected chi connectivity index (χ3v) is 4.93. The van der Waals surface area contributed by atoms with E-state index >= 15 is 0 Å². The summed E-state index contributed by atoms with van der Waals surface area (Å²) in [6.45, 7) is 2.71. The van der Waals surface area contributed by atoms with Crippen LogP contribution in [0.3, 0.4) is 0 Å². The van der Waals surface area contributed by atoms with Crippen LogP contribution in [0.25, 0.3) is 0 Å². The summed E-state index contributed by atoms with van der Waals surface area (Å²) in [6, 6.07) is 5.00. The van der Waals surface area contributed by atoms with Crippen molar-refractivity contribution in [3.05, 3.63) is 28.8 Å². The maximum Gasteiger partial charge on any atom is 0.253 e. The molecule has 5 nitrogen and oxygen atoms in total. The largest absolute Gasteiger partial charge is 0.352 e. The Kier molecular flexibility index (Phi) is 5.74. The van der Waals surface area contributed by atoms with Gasteiger partial charge in [0, 0.05) is 18.0 Å². The molecule has 0 bridgehead atoms. The van der Waals surface area contributed by atoms with Gasteiger partial charge in [-0.25, -0.2) is 0 Å². The highest BCUT2D eigenvalue weighted by atomic mass is 35.5. The van der Waals surface area contributed by atoms with Gasteiger partial charge in [-0.05, 0) is 68.8 Å². The first kappa shape index (κ1) is 17.2. The lowest BCUT2D eigenvalue weighted by Gasteiger charge is -2.13. The van der Waals surface area contributed by atoms with E-state index in [2.05, 4.69) is 16.0 Å². The number of nitrogens with one attached hydrogen (secondary N) is 3. The first-order valence-electron chi connectivity index (χ1n) is 8.70. The van der Waals surface area contributed by atoms with Crippen LogP contribution in [0, 0.1) is 11.8 Å². The Hall–Kier alpha value is -1.59. The summed E-state index contributed by atoms with van der Waals surface area (Å²) in [5, 5.41) is 9.58. The molecule has 1 heterocycles. The molecule has 1 saturated carbocycles. The molecule has 1 unspecified atom stereocenters. The van der Waals surface area contributed by atoms with Crippen LogP contribution in [0.5, 0.6) is 0 Å². The van der Waals surface area contributed by atoms with E-state index in [-0.39, 0.29) is 11.8 Å². The molecule has 3 N–H and O–H groups in total. The van der Waals surface area contributed by atoms with Crippen molar-refractivity contribution in [2.45, 2.75) is 32.1 Å². The zero-order valence-electron chi connectivity index (χ0n) is 13.7. The predicted octanol–water partition coefficient (Wildman–Crippen LogP) is 2.81. The van der Waals surface area contributed by atoms with Gasteiger partial charge in [0.1, 0.15) is 0 Å². The average molecular weight is 350 g/mol. The number of benzene rings is 1. The third-order valence-electron chi connectivity index (χ3n) is 4.69. The van der Waals surface area contributed by atoms with Gasteiger partial charge in [-0.2, -0.15) is 0 Å². The summed E-state index contributed by atoms with van der Waals surface area (Å²) in [5.41, 5.74) is 0.960. The van der Waals surface area contributed by atoms with Crippen LogP contribution in [0.4, 0.5) is 5.69 Å². The van der Waals surface area contributed by atoms with Gasteiger partial charge in [0.25, 0.3) is 5.91 Å². The third kappa shape index (κ3) is 4.95. The molecular formula is C18H24ClN3O2. The highest BCUT2D eigenvalue weighted by Gasteiger charge is 2.23. The van der Waals surface area contributed by atoms with Crippen LogP contribution < -0.4 is 16.0 Å². The summed E-state index contributed by atoms with van der Waals surface area (Å²) >= 11 is 6.02. The van der Waals surface area contributed by atoms with E-state index in [1.165, 1.54) is 12.8 Å². The van der Waals surface area contributed by atoms with Gasteiger partial charge in [-0.3, -0.25) is 9.59 Å². The Labute approximate surface area is 147 Å². The molecule has 1 atom stereocenters. The second kappa shape index (κ2) is 7.99. The molecule has 1 aliphatic heterocycles. The minimum Gasteiger partial charge on any atom is -0.352 e. The minimum absolute atomic E-state index is 0.0551. The van der Waals surface area contributed by atoms with Crippen LogP contribution in [0.15, 0.2) is 18.2 Å². The number of hydrogen-bond donors (Lipinski definition) is 3. The number of halogens is 1. The van der Waals surface area contributed by atoms with Crippen molar-refractivity contribution in [3.8, 4) is 0 Å². The van der Waals surface area contributed by atoms with Gasteiger partial charge < -0.3 is 16.0 Å². The highest BCUT2D eigenvalue weighted by molar-refractivity contribution is 6.31. The number of anilines is 1. The topological polar surface area (TPSA) is 70.2 Å². The molecule has 1 saturated heterocycles. The van der Waals surface area contributed by atoms with E-state index in [0.717, 1.165) is 25.9 Å². The predicted molar refractivity (Wildman–Crippen MR) is 95.3 cm³/mol. The Bertz CT molecular complexity index is 610. The molecule has 2 aliphatic rings. The first-order valence-corrected chi connectivity index (χ1v) is 9.08. The molecule has 1 aromatic rings. The van der Waals surface area contributed by atoms with E-state index in [1.54, 1.807) is 18.2 Å². The molecule has 6 heteroatoms. The van der Waals surface area contributed by atoms with E-state index in [1.807, 2.05) is 0 Å². The van der Waals surface area contributed by atoms with Crippen molar-refractivity contribution in [3.63, 3.8) is 0 Å². The fourth-order valence-corrected chi connectivity index (χ4v) is 3.15. The Morgan fingerprint density at radius 2 is 2.04 bits per heavy atom. The number of carbonyl (C=O) groups excluding carboxylic acids is 2. The first-order chi connectivity index (χ1) is 11.6. The lowest BCUT2D eigenvalue weighted by molar-refractivity contribution is -0.116. The number of rotatable bonds is 7. The van der Waals surface area contributed by atoms with Crippen molar-refractivity contribution in [2.75, 3.05) is 25.0 Å². The molecule has 1 aromatic carbocycles. The number of hydrogen-bond acceptors (Lipinski definition) is 3. The maximum atomic E-state index is 12.4. The lowest BCUT2D eigenvalue weighted by atomic mass is 10.0. The fourth-order valence-electron chi connectivity index (χ4n) is 2.98. The summed E-state index contributed by atoms with van der Waals surface area (Å²) in [4.78, 5) is 24.6. The van der Waals surface area contributed by atoms with Gasteiger partial charge in [-0.1, -0.05) is 11.6 Å². The second-order valence-corrected chi connectivity index (χ2v) is 7.23. The van der Waals surface area contributed by atoms with Crippen molar-refractivity contribution in [1.82, 2.24) is 10.6 Å². The summed E-state index contributed by atoms with van der Waals surface area (Å²) < 4.78 is 0. The van der Waals surface area contributed by atoms with Crippen molar-refractivity contribution in [1.29, 1.82) is 0 Å². The van der Waals surface area contributed by atoms with Crippen molar-refractivity contribution >= 4 is 29.1 Å². The standard InChI is InChI=1S/C18H24ClN3O2/c19-14-4-5-16(15(9-14)18(24)21-11-12-1-2-12)22-17(23)6-3-13-7-8-20-10-13/h4-5,9,12-13,20H,1-3,6-8,10-11H2,(H,21,24)(H,22,23). The van der Waals surface area contributed by atoms with Crippen molar-refractivity contribution < 1.29 is 9.59 Å². The smallest absolute Gasteiger partial charge is 0.253 e. The molecule has 2 fully saturated rings. The summed E-state index contributed by atoms with van der Waals surface area (Å²) in [7, 11) is 0. The number of amides is 2. The zero-order valence-corrected chi connectivity index (χ0v) is 14.5. The van der Waals surface area contributed by atoms with E-state index in [0.29, 0.717) is 41.1 Å². The molecular weight excluding hydrogens is 326 g/mol. The molecule has 0 aromatic heterocycles. The number of carbonyl (C=O) groups is 2. The average Bonchev–Trinajstić information content (AvgIpc) is 3.25. The van der Waals surface area contributed by atoms with Crippen LogP contribution >= 0.6 is 11.6 Å². The van der Waals surface area contributed by atoms with Crippen molar-refractivity contribution in [2.24, 2.45) is 11.8 Å². The van der Waals surface area contributed by atoms with Gasteiger partial charge in [0.05, 0.1) is 11.3 Å². The molecule has 3 rings (SSSR count). The van der Waals surface area contributed by atoms with Gasteiger partial charge >= 0.3 is 0 Å². The minimum atomic E-state index is -0.181. The van der Waals surface area contributed by atoms with E-state index in [9.17, 15) is 9.59 Å².